The molecule has 180 valence electrons. The summed E-state index contributed by atoms with van der Waals surface area (Å²) in [7, 11) is 0. The number of ether oxygens (including phenoxy) is 1. The van der Waals surface area contributed by atoms with Crippen LogP contribution in [0.5, 0.6) is 0 Å². The second-order valence-electron chi connectivity index (χ2n) is 8.77. The minimum Gasteiger partial charge on any atom is -0.497 e. The summed E-state index contributed by atoms with van der Waals surface area (Å²) in [6.45, 7) is 7.16. The molecule has 0 aromatic heterocycles. The van der Waals surface area contributed by atoms with Gasteiger partial charge >= 0.3 is 5.97 Å². The Morgan fingerprint density at radius 1 is 1.19 bits per heavy atom. The quantitative estimate of drug-likeness (QED) is 0.176. The first kappa shape index (κ1) is 28.1. The molecule has 0 unspecified atom stereocenters. The van der Waals surface area contributed by atoms with Crippen molar-refractivity contribution in [3.63, 3.8) is 0 Å². The number of aliphatic hydroxyl groups is 2. The molecule has 3 N–H and O–H groups in total. The summed E-state index contributed by atoms with van der Waals surface area (Å²) in [5, 5.41) is 29.9. The largest absolute Gasteiger partial charge is 0.497 e. The van der Waals surface area contributed by atoms with E-state index in [4.69, 9.17) is 9.84 Å². The fraction of sp³-hybridized carbons (Fsp3) is 0.800. The van der Waals surface area contributed by atoms with Crippen LogP contribution in [0, 0.1) is 11.8 Å². The van der Waals surface area contributed by atoms with Gasteiger partial charge in [-0.1, -0.05) is 65.0 Å². The molecule has 0 aromatic rings. The maximum atomic E-state index is 10.7. The van der Waals surface area contributed by atoms with E-state index in [9.17, 15) is 15.0 Å². The van der Waals surface area contributed by atoms with E-state index in [1.165, 1.54) is 12.8 Å². The Bertz CT molecular complexity index is 560. The van der Waals surface area contributed by atoms with Crippen LogP contribution in [0.4, 0.5) is 0 Å². The van der Waals surface area contributed by atoms with E-state index in [1.54, 1.807) is 11.8 Å². The van der Waals surface area contributed by atoms with Gasteiger partial charge in [-0.05, 0) is 37.4 Å². The van der Waals surface area contributed by atoms with Gasteiger partial charge in [0.05, 0.1) is 18.8 Å². The van der Waals surface area contributed by atoms with Gasteiger partial charge in [0.2, 0.25) is 0 Å². The average molecular weight is 457 g/mol. The molecule has 0 aliphatic heterocycles. The van der Waals surface area contributed by atoms with Crippen molar-refractivity contribution in [3.05, 3.63) is 22.8 Å². The minimum atomic E-state index is -0.742. The van der Waals surface area contributed by atoms with E-state index >= 15 is 0 Å². The number of aliphatic carboxylic acids is 1. The van der Waals surface area contributed by atoms with Crippen molar-refractivity contribution in [3.8, 4) is 0 Å². The molecule has 0 fully saturated rings. The van der Waals surface area contributed by atoms with Crippen LogP contribution in [0.2, 0.25) is 0 Å². The second-order valence-corrected chi connectivity index (χ2v) is 9.91. The molecule has 31 heavy (non-hydrogen) atoms. The number of carbonyl (C=O) groups is 1. The molecule has 0 saturated carbocycles. The maximum Gasteiger partial charge on any atom is 0.303 e. The highest BCUT2D eigenvalue weighted by Crippen LogP contribution is 2.41. The summed E-state index contributed by atoms with van der Waals surface area (Å²) < 4.78 is 6.01. The Hall–Kier alpha value is -0.980. The van der Waals surface area contributed by atoms with Crippen LogP contribution in [0.3, 0.4) is 0 Å². The molecule has 0 radical (unpaired) electrons. The van der Waals surface area contributed by atoms with Gasteiger partial charge in [-0.3, -0.25) is 4.79 Å². The van der Waals surface area contributed by atoms with Crippen LogP contribution in [0.25, 0.3) is 0 Å². The summed E-state index contributed by atoms with van der Waals surface area (Å²) in [6, 6.07) is 0. The third-order valence-corrected chi connectivity index (χ3v) is 6.99. The Morgan fingerprint density at radius 2 is 1.94 bits per heavy atom. The van der Waals surface area contributed by atoms with Crippen molar-refractivity contribution in [1.29, 1.82) is 0 Å². The molecule has 5 nitrogen and oxygen atoms in total. The van der Waals surface area contributed by atoms with Crippen LogP contribution >= 0.6 is 11.8 Å². The fourth-order valence-corrected chi connectivity index (χ4v) is 5.09. The Labute approximate surface area is 193 Å². The van der Waals surface area contributed by atoms with E-state index < -0.39 is 18.2 Å². The van der Waals surface area contributed by atoms with Crippen molar-refractivity contribution >= 4 is 17.7 Å². The molecule has 1 aliphatic carbocycles. The number of unbranched alkanes of at least 4 members (excludes halogenated alkanes) is 4. The molecule has 4 atom stereocenters. The monoisotopic (exact) mass is 456 g/mol. The molecular formula is C25H44O5S. The summed E-state index contributed by atoms with van der Waals surface area (Å²) in [5.41, 5.74) is 0. The topological polar surface area (TPSA) is 87.0 Å². The van der Waals surface area contributed by atoms with Gasteiger partial charge in [-0.15, -0.1) is 11.8 Å². The number of rotatable bonds is 18. The lowest BCUT2D eigenvalue weighted by atomic mass is 9.96. The van der Waals surface area contributed by atoms with Crippen LogP contribution in [-0.2, 0) is 9.53 Å². The van der Waals surface area contributed by atoms with Crippen LogP contribution in [0.1, 0.15) is 91.4 Å². The molecule has 6 heteroatoms. The first-order chi connectivity index (χ1) is 14.9. The van der Waals surface area contributed by atoms with Gasteiger partial charge in [0.25, 0.3) is 0 Å². The Balaban J connectivity index is 2.68. The molecule has 1 aliphatic rings. The zero-order valence-corrected chi connectivity index (χ0v) is 20.5. The highest BCUT2D eigenvalue weighted by molar-refractivity contribution is 8.03. The van der Waals surface area contributed by atoms with E-state index in [2.05, 4.69) is 20.8 Å². The molecule has 1 rings (SSSR count). The first-order valence-corrected chi connectivity index (χ1v) is 13.1. The zero-order valence-electron chi connectivity index (χ0n) is 19.7. The highest BCUT2D eigenvalue weighted by atomic mass is 32.2. The number of hydrogen-bond donors (Lipinski definition) is 3. The summed E-state index contributed by atoms with van der Waals surface area (Å²) in [5.74, 6) is 1.37. The fourth-order valence-electron chi connectivity index (χ4n) is 3.79. The highest BCUT2D eigenvalue weighted by Gasteiger charge is 2.33. The predicted octanol–water partition coefficient (Wildman–Crippen LogP) is 5.91. The Kier molecular flexibility index (Phi) is 15.0. The molecule has 0 aromatic carbocycles. The number of carboxylic acid groups (broad SMARTS) is 1. The molecule has 0 bridgehead atoms. The normalized spacial score (nSPS) is 21.1. The third kappa shape index (κ3) is 12.0. The zero-order chi connectivity index (χ0) is 23.1. The van der Waals surface area contributed by atoms with Crippen molar-refractivity contribution in [1.82, 2.24) is 0 Å². The van der Waals surface area contributed by atoms with E-state index in [1.807, 2.05) is 12.2 Å². The van der Waals surface area contributed by atoms with Gasteiger partial charge in [0, 0.05) is 23.7 Å². The first-order valence-electron chi connectivity index (χ1n) is 12.1. The third-order valence-electron chi connectivity index (χ3n) is 5.69. The van der Waals surface area contributed by atoms with Crippen molar-refractivity contribution in [2.75, 3.05) is 12.4 Å². The SMILES string of the molecule is CCCCOC1=C(SCCCCCC(=O)O)[C@@H](C=C[C@@H](O)C[C@@H](C)CCCC)[C@H](O)C1. The minimum absolute atomic E-state index is 0.138. The maximum absolute atomic E-state index is 10.7. The van der Waals surface area contributed by atoms with Crippen LogP contribution in [0.15, 0.2) is 22.8 Å². The molecule has 0 spiro atoms. The lowest BCUT2D eigenvalue weighted by Gasteiger charge is -2.17. The van der Waals surface area contributed by atoms with Gasteiger partial charge < -0.3 is 20.1 Å². The number of aliphatic hydroxyl groups excluding tert-OH is 2. The van der Waals surface area contributed by atoms with Crippen LogP contribution < -0.4 is 0 Å². The lowest BCUT2D eigenvalue weighted by molar-refractivity contribution is -0.137. The van der Waals surface area contributed by atoms with E-state index in [0.29, 0.717) is 25.4 Å². The van der Waals surface area contributed by atoms with Crippen molar-refractivity contribution < 1.29 is 24.9 Å². The van der Waals surface area contributed by atoms with Gasteiger partial charge in [0.15, 0.2) is 0 Å². The van der Waals surface area contributed by atoms with Crippen molar-refractivity contribution in [2.24, 2.45) is 11.8 Å². The second kappa shape index (κ2) is 16.6. The molecule has 0 amide bonds. The van der Waals surface area contributed by atoms with Crippen LogP contribution in [-0.4, -0.2) is 45.9 Å². The standard InChI is InChI=1S/C25H44O5S/c1-4-6-11-19(3)17-20(26)13-14-21-22(27)18-23(30-15-7-5-2)25(21)31-16-10-8-9-12-24(28)29/h13-14,19-22,26-27H,4-12,15-18H2,1-3H3,(H,28,29)/t19-,20+,21-,22+/m0/s1. The smallest absolute Gasteiger partial charge is 0.303 e. The molecular weight excluding hydrogens is 412 g/mol. The average Bonchev–Trinajstić information content (AvgIpc) is 3.01. The van der Waals surface area contributed by atoms with E-state index in [-0.39, 0.29) is 12.3 Å². The molecule has 0 saturated heterocycles. The van der Waals surface area contributed by atoms with Gasteiger partial charge in [-0.25, -0.2) is 0 Å². The number of carboxylic acids is 1. The van der Waals surface area contributed by atoms with Gasteiger partial charge in [-0.2, -0.15) is 0 Å². The molecule has 0 heterocycles. The Morgan fingerprint density at radius 3 is 2.61 bits per heavy atom. The van der Waals surface area contributed by atoms with Crippen molar-refractivity contribution in [2.45, 2.75) is 104 Å². The summed E-state index contributed by atoms with van der Waals surface area (Å²) >= 11 is 1.71. The summed E-state index contributed by atoms with van der Waals surface area (Å²) in [6.07, 6.45) is 12.3. The number of thioether (sulfide) groups is 1. The lowest BCUT2D eigenvalue weighted by Crippen LogP contribution is -2.15. The predicted molar refractivity (Wildman–Crippen MR) is 129 cm³/mol. The van der Waals surface area contributed by atoms with Gasteiger partial charge in [0.1, 0.15) is 5.76 Å². The number of hydrogen-bond acceptors (Lipinski definition) is 5. The summed E-state index contributed by atoms with van der Waals surface area (Å²) in [4.78, 5) is 11.7. The van der Waals surface area contributed by atoms with E-state index in [0.717, 1.165) is 54.9 Å².